The van der Waals surface area contributed by atoms with Gasteiger partial charge in [0.1, 0.15) is 5.75 Å². The van der Waals surface area contributed by atoms with Crippen molar-refractivity contribution in [1.82, 2.24) is 0 Å². The summed E-state index contributed by atoms with van der Waals surface area (Å²) >= 11 is 1.65. The second-order valence-corrected chi connectivity index (χ2v) is 6.12. The molecule has 22 heavy (non-hydrogen) atoms. The van der Waals surface area contributed by atoms with Crippen LogP contribution in [0.3, 0.4) is 0 Å². The second-order valence-electron chi connectivity index (χ2n) is 5.09. The Bertz CT molecular complexity index is 697. The van der Waals surface area contributed by atoms with Gasteiger partial charge >= 0.3 is 0 Å². The van der Waals surface area contributed by atoms with E-state index in [0.29, 0.717) is 23.5 Å². The minimum Gasteiger partial charge on any atom is -0.479 e. The SMILES string of the molecule is C[C@@H]1Oc2ccc(NC(=O)CCc3cccs3)cc2NC1=O. The third kappa shape index (κ3) is 3.28. The number of ether oxygens (including phenoxy) is 1. The van der Waals surface area contributed by atoms with Crippen LogP contribution in [-0.4, -0.2) is 17.9 Å². The third-order valence-electron chi connectivity index (χ3n) is 3.37. The quantitative estimate of drug-likeness (QED) is 0.911. The molecule has 0 spiro atoms. The Morgan fingerprint density at radius 1 is 1.41 bits per heavy atom. The van der Waals surface area contributed by atoms with Gasteiger partial charge in [0.25, 0.3) is 5.91 Å². The molecule has 1 aliphatic heterocycles. The van der Waals surface area contributed by atoms with E-state index in [-0.39, 0.29) is 11.8 Å². The van der Waals surface area contributed by atoms with Crippen LogP contribution in [0.15, 0.2) is 35.7 Å². The number of hydrogen-bond donors (Lipinski definition) is 2. The molecule has 0 radical (unpaired) electrons. The van der Waals surface area contributed by atoms with E-state index in [9.17, 15) is 9.59 Å². The molecule has 1 aliphatic rings. The lowest BCUT2D eigenvalue weighted by molar-refractivity contribution is -0.122. The van der Waals surface area contributed by atoms with Crippen molar-refractivity contribution in [3.05, 3.63) is 40.6 Å². The van der Waals surface area contributed by atoms with Crippen molar-refractivity contribution >= 4 is 34.5 Å². The number of anilines is 2. The van der Waals surface area contributed by atoms with E-state index >= 15 is 0 Å². The molecule has 0 fully saturated rings. The van der Waals surface area contributed by atoms with E-state index < -0.39 is 6.10 Å². The highest BCUT2D eigenvalue weighted by atomic mass is 32.1. The molecule has 0 aliphatic carbocycles. The Morgan fingerprint density at radius 3 is 3.05 bits per heavy atom. The molecule has 2 N–H and O–H groups in total. The molecule has 3 rings (SSSR count). The number of nitrogens with one attached hydrogen (secondary N) is 2. The molecule has 1 aromatic carbocycles. The van der Waals surface area contributed by atoms with E-state index in [2.05, 4.69) is 10.6 Å². The first-order chi connectivity index (χ1) is 10.6. The van der Waals surface area contributed by atoms with Gasteiger partial charge in [-0.05, 0) is 43.0 Å². The monoisotopic (exact) mass is 316 g/mol. The topological polar surface area (TPSA) is 67.4 Å². The molecule has 6 heteroatoms. The van der Waals surface area contributed by atoms with Crippen molar-refractivity contribution in [2.45, 2.75) is 25.9 Å². The number of carbonyl (C=O) groups excluding carboxylic acids is 2. The van der Waals surface area contributed by atoms with Crippen LogP contribution in [0.1, 0.15) is 18.2 Å². The standard InChI is InChI=1S/C16H16N2O3S/c1-10-16(20)18-13-9-11(4-6-14(13)21-10)17-15(19)7-5-12-3-2-8-22-12/h2-4,6,8-10H,5,7H2,1H3,(H,17,19)(H,18,20)/t10-/m0/s1. The van der Waals surface area contributed by atoms with Crippen LogP contribution in [0, 0.1) is 0 Å². The summed E-state index contributed by atoms with van der Waals surface area (Å²) in [6, 6.07) is 9.23. The number of fused-ring (bicyclic) bond motifs is 1. The summed E-state index contributed by atoms with van der Waals surface area (Å²) < 4.78 is 5.48. The van der Waals surface area contributed by atoms with E-state index in [1.165, 1.54) is 4.88 Å². The van der Waals surface area contributed by atoms with Crippen LogP contribution in [0.25, 0.3) is 0 Å². The Morgan fingerprint density at radius 2 is 2.27 bits per heavy atom. The van der Waals surface area contributed by atoms with Crippen molar-refractivity contribution in [1.29, 1.82) is 0 Å². The van der Waals surface area contributed by atoms with Crippen LogP contribution in [0.4, 0.5) is 11.4 Å². The largest absolute Gasteiger partial charge is 0.479 e. The van der Waals surface area contributed by atoms with Crippen LogP contribution in [0.2, 0.25) is 0 Å². The number of thiophene rings is 1. The van der Waals surface area contributed by atoms with E-state index in [1.807, 2.05) is 17.5 Å². The second kappa shape index (κ2) is 6.19. The molecule has 2 aromatic rings. The maximum absolute atomic E-state index is 12.0. The lowest BCUT2D eigenvalue weighted by atomic mass is 10.2. The first kappa shape index (κ1) is 14.6. The fourth-order valence-corrected chi connectivity index (χ4v) is 2.91. The van der Waals surface area contributed by atoms with E-state index in [4.69, 9.17) is 4.74 Å². The van der Waals surface area contributed by atoms with Crippen molar-refractivity contribution in [3.8, 4) is 5.75 Å². The zero-order valence-corrected chi connectivity index (χ0v) is 12.9. The van der Waals surface area contributed by atoms with Gasteiger partial charge in [-0.25, -0.2) is 0 Å². The van der Waals surface area contributed by atoms with Gasteiger partial charge in [-0.15, -0.1) is 11.3 Å². The predicted molar refractivity (Wildman–Crippen MR) is 86.4 cm³/mol. The molecular weight excluding hydrogens is 300 g/mol. The van der Waals surface area contributed by atoms with Crippen molar-refractivity contribution in [3.63, 3.8) is 0 Å². The number of benzene rings is 1. The number of rotatable bonds is 4. The maximum atomic E-state index is 12.0. The number of amides is 2. The summed E-state index contributed by atoms with van der Waals surface area (Å²) in [5.41, 5.74) is 1.23. The van der Waals surface area contributed by atoms with Gasteiger partial charge in [-0.1, -0.05) is 6.07 Å². The molecule has 2 heterocycles. The minimum absolute atomic E-state index is 0.0511. The summed E-state index contributed by atoms with van der Waals surface area (Å²) in [5, 5.41) is 7.60. The lowest BCUT2D eigenvalue weighted by Gasteiger charge is -2.23. The fourth-order valence-electron chi connectivity index (χ4n) is 2.20. The smallest absolute Gasteiger partial charge is 0.265 e. The number of carbonyl (C=O) groups is 2. The molecule has 5 nitrogen and oxygen atoms in total. The van der Waals surface area contributed by atoms with Crippen LogP contribution < -0.4 is 15.4 Å². The van der Waals surface area contributed by atoms with Crippen molar-refractivity contribution in [2.75, 3.05) is 10.6 Å². The summed E-state index contributed by atoms with van der Waals surface area (Å²) in [4.78, 5) is 24.8. The zero-order chi connectivity index (χ0) is 15.5. The highest BCUT2D eigenvalue weighted by molar-refractivity contribution is 7.09. The van der Waals surface area contributed by atoms with Crippen molar-refractivity contribution < 1.29 is 14.3 Å². The minimum atomic E-state index is -0.501. The van der Waals surface area contributed by atoms with Crippen LogP contribution in [0.5, 0.6) is 5.75 Å². The highest BCUT2D eigenvalue weighted by Crippen LogP contribution is 2.32. The van der Waals surface area contributed by atoms with Crippen molar-refractivity contribution in [2.24, 2.45) is 0 Å². The Kier molecular flexibility index (Phi) is 4.11. The van der Waals surface area contributed by atoms with Gasteiger partial charge in [0.15, 0.2) is 6.10 Å². The number of hydrogen-bond acceptors (Lipinski definition) is 4. The summed E-state index contributed by atoms with van der Waals surface area (Å²) in [7, 11) is 0. The average Bonchev–Trinajstić information content (AvgIpc) is 3.00. The highest BCUT2D eigenvalue weighted by Gasteiger charge is 2.23. The van der Waals surface area contributed by atoms with Gasteiger partial charge in [0.05, 0.1) is 5.69 Å². The molecule has 0 saturated carbocycles. The van der Waals surface area contributed by atoms with Gasteiger partial charge < -0.3 is 15.4 Å². The van der Waals surface area contributed by atoms with Gasteiger partial charge in [0.2, 0.25) is 5.91 Å². The maximum Gasteiger partial charge on any atom is 0.265 e. The van der Waals surface area contributed by atoms with Gasteiger partial charge in [-0.2, -0.15) is 0 Å². The zero-order valence-electron chi connectivity index (χ0n) is 12.1. The number of aryl methyl sites for hydroxylation is 1. The van der Waals surface area contributed by atoms with E-state index in [1.54, 1.807) is 36.5 Å². The lowest BCUT2D eigenvalue weighted by Crippen LogP contribution is -2.34. The Hall–Kier alpha value is -2.34. The summed E-state index contributed by atoms with van der Waals surface area (Å²) in [6.07, 6.45) is 0.655. The Balaban J connectivity index is 1.62. The fraction of sp³-hybridized carbons (Fsp3) is 0.250. The molecule has 2 amide bonds. The van der Waals surface area contributed by atoms with Crippen LogP contribution >= 0.6 is 11.3 Å². The van der Waals surface area contributed by atoms with Crippen LogP contribution in [-0.2, 0) is 16.0 Å². The molecule has 1 atom stereocenters. The van der Waals surface area contributed by atoms with Gasteiger partial charge in [0, 0.05) is 17.0 Å². The predicted octanol–water partition coefficient (Wildman–Crippen LogP) is 3.04. The third-order valence-corrected chi connectivity index (χ3v) is 4.31. The first-order valence-corrected chi connectivity index (χ1v) is 7.93. The molecule has 0 bridgehead atoms. The van der Waals surface area contributed by atoms with E-state index in [0.717, 1.165) is 6.42 Å². The molecule has 114 valence electrons. The molecule has 0 unspecified atom stereocenters. The molecular formula is C16H16N2O3S. The Labute approximate surface area is 132 Å². The molecule has 1 aromatic heterocycles. The average molecular weight is 316 g/mol. The summed E-state index contributed by atoms with van der Waals surface area (Å²) in [6.45, 7) is 1.69. The first-order valence-electron chi connectivity index (χ1n) is 7.05. The summed E-state index contributed by atoms with van der Waals surface area (Å²) in [5.74, 6) is 0.377. The normalized spacial score (nSPS) is 16.4. The molecule has 0 saturated heterocycles. The van der Waals surface area contributed by atoms with Gasteiger partial charge in [-0.3, -0.25) is 9.59 Å².